The summed E-state index contributed by atoms with van der Waals surface area (Å²) in [6, 6.07) is 19.7. The molecule has 30 heavy (non-hydrogen) atoms. The van der Waals surface area contributed by atoms with Crippen molar-refractivity contribution in [1.29, 1.82) is 0 Å². The Morgan fingerprint density at radius 1 is 1.03 bits per heavy atom. The lowest BCUT2D eigenvalue weighted by atomic mass is 9.98. The second kappa shape index (κ2) is 9.14. The Morgan fingerprint density at radius 3 is 2.30 bits per heavy atom. The smallest absolute Gasteiger partial charge is 0.257 e. The van der Waals surface area contributed by atoms with Crippen molar-refractivity contribution in [3.05, 3.63) is 97.0 Å². The van der Waals surface area contributed by atoms with Crippen LogP contribution in [0.4, 0.5) is 5.69 Å². The number of aliphatic hydroxyl groups excluding tert-OH is 1. The first-order chi connectivity index (χ1) is 14.5. The summed E-state index contributed by atoms with van der Waals surface area (Å²) in [5.41, 5.74) is 3.14. The summed E-state index contributed by atoms with van der Waals surface area (Å²) in [7, 11) is 0. The molecule has 4 nitrogen and oxygen atoms in total. The highest BCUT2D eigenvalue weighted by Crippen LogP contribution is 2.37. The van der Waals surface area contributed by atoms with E-state index in [0.717, 1.165) is 20.4 Å². The molecule has 3 aromatic carbocycles. The lowest BCUT2D eigenvalue weighted by molar-refractivity contribution is 0.0479. The minimum atomic E-state index is -0.527. The number of halogens is 3. The van der Waals surface area contributed by atoms with Crippen molar-refractivity contribution >= 4 is 57.4 Å². The van der Waals surface area contributed by atoms with Gasteiger partial charge in [0.15, 0.2) is 0 Å². The van der Waals surface area contributed by atoms with Gasteiger partial charge in [-0.2, -0.15) is 0 Å². The molecule has 0 aliphatic carbocycles. The summed E-state index contributed by atoms with van der Waals surface area (Å²) in [6.45, 7) is 0.293. The van der Waals surface area contributed by atoms with Crippen LogP contribution in [-0.2, 0) is 0 Å². The summed E-state index contributed by atoms with van der Waals surface area (Å²) in [6.07, 6.45) is 0. The molecule has 154 valence electrons. The number of aliphatic hydroxyl groups is 1. The number of nitrogens with one attached hydrogen (secondary N) is 1. The molecule has 0 radical (unpaired) electrons. The van der Waals surface area contributed by atoms with E-state index in [1.165, 1.54) is 0 Å². The van der Waals surface area contributed by atoms with Crippen molar-refractivity contribution in [2.75, 3.05) is 18.5 Å². The van der Waals surface area contributed by atoms with E-state index in [1.54, 1.807) is 17.0 Å². The van der Waals surface area contributed by atoms with E-state index in [2.05, 4.69) is 27.9 Å². The molecule has 1 heterocycles. The second-order valence-electron chi connectivity index (χ2n) is 7.10. The van der Waals surface area contributed by atoms with Crippen molar-refractivity contribution < 1.29 is 9.90 Å². The maximum atomic E-state index is 13.8. The topological polar surface area (TPSA) is 52.6 Å². The fraction of sp³-hybridized carbons (Fsp3) is 0.174. The average molecular weight is 553 g/mol. The first kappa shape index (κ1) is 21.4. The average Bonchev–Trinajstić information content (AvgIpc) is 2.88. The number of nitrogens with zero attached hydrogens (tertiary/aromatic N) is 1. The van der Waals surface area contributed by atoms with Gasteiger partial charge in [-0.3, -0.25) is 4.79 Å². The van der Waals surface area contributed by atoms with E-state index < -0.39 is 6.04 Å². The largest absolute Gasteiger partial charge is 0.394 e. The minimum absolute atomic E-state index is 0.137. The number of hydrogen-bond acceptors (Lipinski definition) is 3. The SMILES string of the molecule is O=C1c2cc(I)ccc2NCC(c2ccc(Cl)cc2)N1C(CO)c1ccc(Cl)cc1. The molecule has 2 unspecified atom stereocenters. The number of amides is 1. The number of hydrogen-bond donors (Lipinski definition) is 2. The van der Waals surface area contributed by atoms with Gasteiger partial charge < -0.3 is 15.3 Å². The molecule has 0 spiro atoms. The van der Waals surface area contributed by atoms with Crippen molar-refractivity contribution in [2.45, 2.75) is 12.1 Å². The third-order valence-electron chi connectivity index (χ3n) is 5.29. The fourth-order valence-electron chi connectivity index (χ4n) is 3.79. The predicted molar refractivity (Wildman–Crippen MR) is 129 cm³/mol. The van der Waals surface area contributed by atoms with Gasteiger partial charge in [0.25, 0.3) is 5.91 Å². The van der Waals surface area contributed by atoms with Crippen LogP contribution in [0.3, 0.4) is 0 Å². The molecule has 1 aliphatic rings. The number of rotatable bonds is 4. The van der Waals surface area contributed by atoms with E-state index in [0.29, 0.717) is 22.2 Å². The Hall–Kier alpha value is -1.80. The third-order valence-corrected chi connectivity index (χ3v) is 6.46. The number of carbonyl (C=O) groups excluding carboxylic acids is 1. The van der Waals surface area contributed by atoms with Gasteiger partial charge >= 0.3 is 0 Å². The molecule has 0 bridgehead atoms. The van der Waals surface area contributed by atoms with Crippen LogP contribution in [0.1, 0.15) is 33.6 Å². The highest BCUT2D eigenvalue weighted by atomic mass is 127. The van der Waals surface area contributed by atoms with Crippen molar-refractivity contribution in [3.8, 4) is 0 Å². The molecule has 0 saturated heterocycles. The van der Waals surface area contributed by atoms with Gasteiger partial charge in [-0.1, -0.05) is 47.5 Å². The minimum Gasteiger partial charge on any atom is -0.394 e. The summed E-state index contributed by atoms with van der Waals surface area (Å²) < 4.78 is 0.971. The first-order valence-electron chi connectivity index (χ1n) is 9.46. The Bertz CT molecular complexity index is 1060. The normalized spacial score (nSPS) is 17.1. The molecule has 4 rings (SSSR count). The highest BCUT2D eigenvalue weighted by molar-refractivity contribution is 14.1. The lowest BCUT2D eigenvalue weighted by Crippen LogP contribution is -2.40. The van der Waals surface area contributed by atoms with Crippen molar-refractivity contribution in [3.63, 3.8) is 0 Å². The van der Waals surface area contributed by atoms with Gasteiger partial charge in [-0.15, -0.1) is 0 Å². The zero-order valence-corrected chi connectivity index (χ0v) is 19.5. The number of fused-ring (bicyclic) bond motifs is 1. The van der Waals surface area contributed by atoms with Crippen LogP contribution in [0.25, 0.3) is 0 Å². The Balaban J connectivity index is 1.85. The maximum Gasteiger partial charge on any atom is 0.257 e. The predicted octanol–water partition coefficient (Wildman–Crippen LogP) is 5.94. The Labute approximate surface area is 198 Å². The zero-order valence-electron chi connectivity index (χ0n) is 15.9. The molecule has 2 N–H and O–H groups in total. The van der Waals surface area contributed by atoms with E-state index in [9.17, 15) is 9.90 Å². The van der Waals surface area contributed by atoms with E-state index in [-0.39, 0.29) is 18.6 Å². The molecule has 3 aromatic rings. The van der Waals surface area contributed by atoms with Gasteiger partial charge in [0.2, 0.25) is 0 Å². The molecule has 1 aliphatic heterocycles. The van der Waals surface area contributed by atoms with E-state index in [1.807, 2.05) is 54.6 Å². The summed E-state index contributed by atoms with van der Waals surface area (Å²) in [5.74, 6) is -0.137. The van der Waals surface area contributed by atoms with Gasteiger partial charge in [0, 0.05) is 25.8 Å². The molecule has 0 saturated carbocycles. The van der Waals surface area contributed by atoms with Crippen LogP contribution in [0.5, 0.6) is 0 Å². The quantitative estimate of drug-likeness (QED) is 0.394. The Kier molecular flexibility index (Phi) is 6.53. The molecule has 0 aromatic heterocycles. The van der Waals surface area contributed by atoms with Crippen LogP contribution in [0, 0.1) is 3.57 Å². The third kappa shape index (κ3) is 4.30. The second-order valence-corrected chi connectivity index (χ2v) is 9.22. The zero-order chi connectivity index (χ0) is 21.3. The van der Waals surface area contributed by atoms with Crippen LogP contribution in [0.15, 0.2) is 66.7 Å². The molecular formula is C23H19Cl2IN2O2. The van der Waals surface area contributed by atoms with Crippen molar-refractivity contribution in [1.82, 2.24) is 4.90 Å². The molecule has 1 amide bonds. The van der Waals surface area contributed by atoms with Crippen LogP contribution in [0.2, 0.25) is 10.0 Å². The monoisotopic (exact) mass is 552 g/mol. The summed E-state index contributed by atoms with van der Waals surface area (Å²) in [5, 5.41) is 15.0. The number of anilines is 1. The first-order valence-corrected chi connectivity index (χ1v) is 11.3. The van der Waals surface area contributed by atoms with Gasteiger partial charge in [-0.25, -0.2) is 0 Å². The van der Waals surface area contributed by atoms with Crippen LogP contribution in [-0.4, -0.2) is 29.1 Å². The molecule has 7 heteroatoms. The summed E-state index contributed by atoms with van der Waals surface area (Å²) in [4.78, 5) is 15.6. The van der Waals surface area contributed by atoms with Gasteiger partial charge in [0.1, 0.15) is 0 Å². The number of benzene rings is 3. The maximum absolute atomic E-state index is 13.8. The van der Waals surface area contributed by atoms with Gasteiger partial charge in [-0.05, 0) is 76.2 Å². The van der Waals surface area contributed by atoms with Crippen LogP contribution >= 0.6 is 45.8 Å². The summed E-state index contributed by atoms with van der Waals surface area (Å²) >= 11 is 14.3. The van der Waals surface area contributed by atoms with E-state index >= 15 is 0 Å². The molecule has 2 atom stereocenters. The Morgan fingerprint density at radius 2 is 1.67 bits per heavy atom. The highest BCUT2D eigenvalue weighted by Gasteiger charge is 2.36. The molecular weight excluding hydrogens is 534 g/mol. The number of carbonyl (C=O) groups is 1. The van der Waals surface area contributed by atoms with E-state index in [4.69, 9.17) is 23.2 Å². The standard InChI is InChI=1S/C23H19Cl2IN2O2/c24-16-5-1-14(2-6-16)21-12-27-20-10-9-18(26)11-19(20)23(30)28(21)22(13-29)15-3-7-17(25)8-4-15/h1-11,21-22,27,29H,12-13H2. The van der Waals surface area contributed by atoms with Crippen LogP contribution < -0.4 is 5.32 Å². The lowest BCUT2D eigenvalue weighted by Gasteiger charge is -2.37. The van der Waals surface area contributed by atoms with Crippen molar-refractivity contribution in [2.24, 2.45) is 0 Å². The molecule has 0 fully saturated rings. The van der Waals surface area contributed by atoms with Gasteiger partial charge in [0.05, 0.1) is 24.3 Å². The fourth-order valence-corrected chi connectivity index (χ4v) is 4.54.